The quantitative estimate of drug-likeness (QED) is 0.764. The van der Waals surface area contributed by atoms with E-state index in [1.165, 1.54) is 7.11 Å². The number of ether oxygens (including phenoxy) is 1. The molecule has 14 heavy (non-hydrogen) atoms. The van der Waals surface area contributed by atoms with Crippen LogP contribution in [0.2, 0.25) is 0 Å². The van der Waals surface area contributed by atoms with Gasteiger partial charge in [-0.05, 0) is 6.07 Å². The summed E-state index contributed by atoms with van der Waals surface area (Å²) in [6.45, 7) is -0.0659. The van der Waals surface area contributed by atoms with Crippen molar-refractivity contribution in [3.05, 3.63) is 23.3 Å². The van der Waals surface area contributed by atoms with Crippen LogP contribution in [0.4, 0.5) is 13.2 Å². The van der Waals surface area contributed by atoms with Crippen LogP contribution >= 0.6 is 0 Å². The molecule has 2 N–H and O–H groups in total. The van der Waals surface area contributed by atoms with E-state index in [-0.39, 0.29) is 18.0 Å². The van der Waals surface area contributed by atoms with Crippen molar-refractivity contribution in [2.45, 2.75) is 13.0 Å². The van der Waals surface area contributed by atoms with Crippen LogP contribution in [0.15, 0.2) is 6.07 Å². The van der Waals surface area contributed by atoms with Crippen molar-refractivity contribution in [1.29, 1.82) is 0 Å². The first-order valence-electron chi connectivity index (χ1n) is 3.81. The third kappa shape index (κ3) is 1.95. The van der Waals surface area contributed by atoms with E-state index < -0.39 is 17.9 Å². The first-order chi connectivity index (χ1) is 6.60. The number of halogens is 3. The predicted molar refractivity (Wildman–Crippen MR) is 43.6 cm³/mol. The summed E-state index contributed by atoms with van der Waals surface area (Å²) in [6.07, 6.45) is -2.91. The fraction of sp³-hybridized carbons (Fsp3) is 0.375. The molecule has 0 spiro atoms. The zero-order valence-electron chi connectivity index (χ0n) is 7.43. The Kier molecular flexibility index (Phi) is 3.29. The molecule has 3 nitrogen and oxygen atoms in total. The zero-order chi connectivity index (χ0) is 10.7. The molecule has 0 radical (unpaired) electrons. The Morgan fingerprint density at radius 1 is 1.57 bits per heavy atom. The number of alkyl halides is 2. The number of pyridine rings is 1. The summed E-state index contributed by atoms with van der Waals surface area (Å²) in [5.41, 5.74) is 4.57. The second-order valence-electron chi connectivity index (χ2n) is 2.52. The number of methoxy groups -OCH3 is 1. The molecule has 1 heterocycles. The van der Waals surface area contributed by atoms with Gasteiger partial charge in [0.05, 0.1) is 18.4 Å². The molecular formula is C8H9F3N2O. The number of nitrogens with zero attached hydrogens (tertiary/aromatic N) is 1. The average molecular weight is 206 g/mol. The molecule has 1 aromatic heterocycles. The molecule has 0 unspecified atom stereocenters. The SMILES string of the molecule is COc1cc(C(F)F)c(F)nc1CN. The average Bonchev–Trinajstić information content (AvgIpc) is 2.16. The minimum absolute atomic E-state index is 0.0659. The van der Waals surface area contributed by atoms with Crippen molar-refractivity contribution >= 4 is 0 Å². The lowest BCUT2D eigenvalue weighted by molar-refractivity contribution is 0.144. The largest absolute Gasteiger partial charge is 0.495 e. The normalized spacial score (nSPS) is 10.7. The molecular weight excluding hydrogens is 197 g/mol. The monoisotopic (exact) mass is 206 g/mol. The van der Waals surface area contributed by atoms with E-state index in [1.54, 1.807) is 0 Å². The van der Waals surface area contributed by atoms with Crippen LogP contribution < -0.4 is 10.5 Å². The molecule has 0 aliphatic heterocycles. The van der Waals surface area contributed by atoms with Crippen molar-refractivity contribution in [2.24, 2.45) is 5.73 Å². The van der Waals surface area contributed by atoms with Crippen molar-refractivity contribution in [3.63, 3.8) is 0 Å². The van der Waals surface area contributed by atoms with E-state index in [0.29, 0.717) is 0 Å². The molecule has 0 amide bonds. The molecule has 0 aliphatic rings. The lowest BCUT2D eigenvalue weighted by atomic mass is 10.2. The fourth-order valence-electron chi connectivity index (χ4n) is 0.998. The van der Waals surface area contributed by atoms with E-state index in [4.69, 9.17) is 10.5 Å². The van der Waals surface area contributed by atoms with Gasteiger partial charge >= 0.3 is 0 Å². The lowest BCUT2D eigenvalue weighted by Gasteiger charge is -2.08. The maximum Gasteiger partial charge on any atom is 0.268 e. The molecule has 78 valence electrons. The fourth-order valence-corrected chi connectivity index (χ4v) is 0.998. The van der Waals surface area contributed by atoms with Gasteiger partial charge in [-0.25, -0.2) is 13.8 Å². The van der Waals surface area contributed by atoms with Gasteiger partial charge in [0.25, 0.3) is 6.43 Å². The van der Waals surface area contributed by atoms with Crippen LogP contribution in [0.25, 0.3) is 0 Å². The zero-order valence-corrected chi connectivity index (χ0v) is 7.43. The Labute approximate surface area is 78.7 Å². The second-order valence-corrected chi connectivity index (χ2v) is 2.52. The summed E-state index contributed by atoms with van der Waals surface area (Å²) in [4.78, 5) is 3.29. The molecule has 6 heteroatoms. The summed E-state index contributed by atoms with van der Waals surface area (Å²) < 4.78 is 42.1. The van der Waals surface area contributed by atoms with Crippen molar-refractivity contribution < 1.29 is 17.9 Å². The number of nitrogens with two attached hydrogens (primary N) is 1. The minimum Gasteiger partial charge on any atom is -0.495 e. The summed E-state index contributed by atoms with van der Waals surface area (Å²) in [5.74, 6) is -1.13. The highest BCUT2D eigenvalue weighted by atomic mass is 19.3. The van der Waals surface area contributed by atoms with Gasteiger partial charge in [-0.3, -0.25) is 0 Å². The third-order valence-electron chi connectivity index (χ3n) is 1.69. The van der Waals surface area contributed by atoms with E-state index in [2.05, 4.69) is 4.98 Å². The van der Waals surface area contributed by atoms with Crippen LogP contribution in [0.5, 0.6) is 5.75 Å². The summed E-state index contributed by atoms with van der Waals surface area (Å²) in [5, 5.41) is 0. The van der Waals surface area contributed by atoms with Gasteiger partial charge in [0, 0.05) is 6.54 Å². The predicted octanol–water partition coefficient (Wildman–Crippen LogP) is 1.63. The number of rotatable bonds is 3. The minimum atomic E-state index is -2.91. The van der Waals surface area contributed by atoms with Crippen molar-refractivity contribution in [3.8, 4) is 5.75 Å². The van der Waals surface area contributed by atoms with Gasteiger partial charge in [-0.2, -0.15) is 4.39 Å². The number of hydrogen-bond donors (Lipinski definition) is 1. The maximum atomic E-state index is 12.9. The highest BCUT2D eigenvalue weighted by Gasteiger charge is 2.18. The first-order valence-corrected chi connectivity index (χ1v) is 3.81. The van der Waals surface area contributed by atoms with Gasteiger partial charge in [-0.15, -0.1) is 0 Å². The lowest BCUT2D eigenvalue weighted by Crippen LogP contribution is -2.07. The standard InChI is InChI=1S/C8H9F3N2O/c1-14-6-2-4(7(9)10)8(11)13-5(6)3-12/h2,7H,3,12H2,1H3. The van der Waals surface area contributed by atoms with Gasteiger partial charge < -0.3 is 10.5 Å². The van der Waals surface area contributed by atoms with Crippen LogP contribution in [0.1, 0.15) is 17.7 Å². The highest BCUT2D eigenvalue weighted by Crippen LogP contribution is 2.26. The Balaban J connectivity index is 3.23. The summed E-state index contributed by atoms with van der Waals surface area (Å²) in [6, 6.07) is 0.912. The maximum absolute atomic E-state index is 12.9. The molecule has 1 rings (SSSR count). The van der Waals surface area contributed by atoms with E-state index in [1.807, 2.05) is 0 Å². The molecule has 0 bridgehead atoms. The molecule has 1 aromatic rings. The molecule has 0 aliphatic carbocycles. The number of aromatic nitrogens is 1. The molecule has 0 saturated carbocycles. The molecule has 0 aromatic carbocycles. The topological polar surface area (TPSA) is 48.1 Å². The Morgan fingerprint density at radius 3 is 2.64 bits per heavy atom. The Bertz CT molecular complexity index is 331. The third-order valence-corrected chi connectivity index (χ3v) is 1.69. The van der Waals surface area contributed by atoms with Gasteiger partial charge in [0.1, 0.15) is 5.75 Å². The Hall–Kier alpha value is -1.30. The summed E-state index contributed by atoms with van der Waals surface area (Å²) in [7, 11) is 1.28. The number of hydrogen-bond acceptors (Lipinski definition) is 3. The second kappa shape index (κ2) is 4.28. The van der Waals surface area contributed by atoms with Crippen LogP contribution in [-0.4, -0.2) is 12.1 Å². The van der Waals surface area contributed by atoms with Gasteiger partial charge in [0.2, 0.25) is 5.95 Å². The van der Waals surface area contributed by atoms with E-state index >= 15 is 0 Å². The molecule has 0 fully saturated rings. The molecule has 0 saturated heterocycles. The van der Waals surface area contributed by atoms with Crippen molar-refractivity contribution in [2.75, 3.05) is 7.11 Å². The van der Waals surface area contributed by atoms with Gasteiger partial charge in [-0.1, -0.05) is 0 Å². The molecule has 0 atom stereocenters. The highest BCUT2D eigenvalue weighted by molar-refractivity contribution is 5.32. The Morgan fingerprint density at radius 2 is 2.21 bits per heavy atom. The van der Waals surface area contributed by atoms with Crippen LogP contribution in [-0.2, 0) is 6.54 Å². The summed E-state index contributed by atoms with van der Waals surface area (Å²) >= 11 is 0. The van der Waals surface area contributed by atoms with Crippen LogP contribution in [0.3, 0.4) is 0 Å². The van der Waals surface area contributed by atoms with E-state index in [0.717, 1.165) is 6.07 Å². The van der Waals surface area contributed by atoms with Gasteiger partial charge in [0.15, 0.2) is 0 Å². The first kappa shape index (κ1) is 10.8. The van der Waals surface area contributed by atoms with Crippen LogP contribution in [0, 0.1) is 5.95 Å². The smallest absolute Gasteiger partial charge is 0.268 e. The van der Waals surface area contributed by atoms with E-state index in [9.17, 15) is 13.2 Å². The van der Waals surface area contributed by atoms with Crippen molar-refractivity contribution in [1.82, 2.24) is 4.98 Å².